The Morgan fingerprint density at radius 2 is 1.64 bits per heavy atom. The zero-order valence-electron chi connectivity index (χ0n) is 12.1. The van der Waals surface area contributed by atoms with E-state index in [4.69, 9.17) is 4.74 Å². The van der Waals surface area contributed by atoms with Crippen LogP contribution in [0.1, 0.15) is 20.7 Å². The molecule has 0 atom stereocenters. The van der Waals surface area contributed by atoms with Crippen LogP contribution < -0.4 is 10.1 Å². The zero-order valence-corrected chi connectivity index (χ0v) is 14.2. The van der Waals surface area contributed by atoms with Crippen molar-refractivity contribution in [2.75, 3.05) is 19.5 Å². The summed E-state index contributed by atoms with van der Waals surface area (Å²) in [5.41, 5.74) is 1.56. The molecule has 0 saturated carbocycles. The van der Waals surface area contributed by atoms with Gasteiger partial charge in [-0.05, 0) is 65.1 Å². The Bertz CT molecular complexity index is 698. The lowest BCUT2D eigenvalue weighted by Crippen LogP contribution is -2.12. The first-order chi connectivity index (χ1) is 10.5. The molecule has 1 amide bonds. The third-order valence-corrected chi connectivity index (χ3v) is 3.82. The summed E-state index contributed by atoms with van der Waals surface area (Å²) < 4.78 is 10.6. The smallest absolute Gasteiger partial charge is 0.337 e. The Morgan fingerprint density at radius 3 is 2.18 bits per heavy atom. The number of carbonyl (C=O) groups excluding carboxylic acids is 2. The number of halogens is 1. The van der Waals surface area contributed by atoms with Crippen LogP contribution in [0.3, 0.4) is 0 Å². The molecule has 2 rings (SSSR count). The molecule has 0 aliphatic heterocycles. The number of amides is 1. The lowest BCUT2D eigenvalue weighted by molar-refractivity contribution is 0.0600. The van der Waals surface area contributed by atoms with Gasteiger partial charge in [-0.2, -0.15) is 0 Å². The number of benzene rings is 2. The van der Waals surface area contributed by atoms with Crippen molar-refractivity contribution in [2.24, 2.45) is 0 Å². The molecule has 0 aliphatic carbocycles. The molecule has 2 aromatic carbocycles. The molecule has 6 heteroatoms. The number of hydrogen-bond donors (Lipinski definition) is 1. The quantitative estimate of drug-likeness (QED) is 0.620. The molecule has 0 bridgehead atoms. The standard InChI is InChI=1S/C16H14INO4/c1-21-14-8-5-11(9-13(14)17)15(19)18-12-6-3-10(4-7-12)16(20)22-2/h3-9H,1-2H3,(H,18,19). The maximum atomic E-state index is 12.2. The van der Waals surface area contributed by atoms with E-state index in [0.29, 0.717) is 16.8 Å². The first-order valence-corrected chi connectivity index (χ1v) is 7.46. The normalized spacial score (nSPS) is 9.95. The molecular formula is C16H14INO4. The van der Waals surface area contributed by atoms with Crippen LogP contribution in [-0.2, 0) is 4.74 Å². The van der Waals surface area contributed by atoms with Gasteiger partial charge in [-0.1, -0.05) is 0 Å². The van der Waals surface area contributed by atoms with Crippen molar-refractivity contribution >= 4 is 40.2 Å². The second-order valence-corrected chi connectivity index (χ2v) is 5.53. The minimum Gasteiger partial charge on any atom is -0.496 e. The lowest BCUT2D eigenvalue weighted by Gasteiger charge is -2.08. The van der Waals surface area contributed by atoms with Crippen LogP contribution in [0.5, 0.6) is 5.75 Å². The van der Waals surface area contributed by atoms with Crippen molar-refractivity contribution in [3.63, 3.8) is 0 Å². The highest BCUT2D eigenvalue weighted by Gasteiger charge is 2.10. The van der Waals surface area contributed by atoms with Crippen molar-refractivity contribution in [3.8, 4) is 5.75 Å². The van der Waals surface area contributed by atoms with E-state index in [0.717, 1.165) is 9.32 Å². The third kappa shape index (κ3) is 3.76. The first kappa shape index (κ1) is 16.3. The predicted molar refractivity (Wildman–Crippen MR) is 91.4 cm³/mol. The maximum Gasteiger partial charge on any atom is 0.337 e. The van der Waals surface area contributed by atoms with Gasteiger partial charge in [0.2, 0.25) is 0 Å². The minimum atomic E-state index is -0.414. The van der Waals surface area contributed by atoms with Crippen molar-refractivity contribution < 1.29 is 19.1 Å². The summed E-state index contributed by atoms with van der Waals surface area (Å²) in [6, 6.07) is 11.7. The Kier molecular flexibility index (Phi) is 5.37. The average molecular weight is 411 g/mol. The molecule has 0 unspecified atom stereocenters. The SMILES string of the molecule is COC(=O)c1ccc(NC(=O)c2ccc(OC)c(I)c2)cc1. The summed E-state index contributed by atoms with van der Waals surface area (Å²) in [6.45, 7) is 0. The van der Waals surface area contributed by atoms with Gasteiger partial charge in [-0.25, -0.2) is 4.79 Å². The van der Waals surface area contributed by atoms with E-state index in [9.17, 15) is 9.59 Å². The molecule has 114 valence electrons. The molecule has 2 aromatic rings. The van der Waals surface area contributed by atoms with Gasteiger partial charge in [-0.15, -0.1) is 0 Å². The van der Waals surface area contributed by atoms with E-state index >= 15 is 0 Å². The van der Waals surface area contributed by atoms with Crippen LogP contribution in [0.2, 0.25) is 0 Å². The van der Waals surface area contributed by atoms with Gasteiger partial charge >= 0.3 is 5.97 Å². The maximum absolute atomic E-state index is 12.2. The third-order valence-electron chi connectivity index (χ3n) is 2.98. The van der Waals surface area contributed by atoms with Gasteiger partial charge in [0.25, 0.3) is 5.91 Å². The Labute approximate surface area is 141 Å². The highest BCUT2D eigenvalue weighted by molar-refractivity contribution is 14.1. The molecule has 0 saturated heterocycles. The second kappa shape index (κ2) is 7.26. The summed E-state index contributed by atoms with van der Waals surface area (Å²) in [5, 5.41) is 2.77. The van der Waals surface area contributed by atoms with Crippen LogP contribution in [0, 0.1) is 3.57 Å². The highest BCUT2D eigenvalue weighted by Crippen LogP contribution is 2.22. The fourth-order valence-corrected chi connectivity index (χ4v) is 2.55. The molecule has 0 spiro atoms. The van der Waals surface area contributed by atoms with Crippen LogP contribution in [0.15, 0.2) is 42.5 Å². The monoisotopic (exact) mass is 411 g/mol. The molecule has 0 radical (unpaired) electrons. The minimum absolute atomic E-state index is 0.230. The van der Waals surface area contributed by atoms with Crippen molar-refractivity contribution in [1.82, 2.24) is 0 Å². The number of hydrogen-bond acceptors (Lipinski definition) is 4. The van der Waals surface area contributed by atoms with Gasteiger partial charge < -0.3 is 14.8 Å². The summed E-state index contributed by atoms with van der Waals surface area (Å²) in [4.78, 5) is 23.5. The van der Waals surface area contributed by atoms with Gasteiger partial charge in [0.05, 0.1) is 23.4 Å². The largest absolute Gasteiger partial charge is 0.496 e. The van der Waals surface area contributed by atoms with Crippen LogP contribution in [-0.4, -0.2) is 26.1 Å². The van der Waals surface area contributed by atoms with Crippen molar-refractivity contribution in [3.05, 3.63) is 57.2 Å². The lowest BCUT2D eigenvalue weighted by atomic mass is 10.1. The van der Waals surface area contributed by atoms with Crippen LogP contribution >= 0.6 is 22.6 Å². The number of anilines is 1. The van der Waals surface area contributed by atoms with E-state index in [1.54, 1.807) is 49.6 Å². The van der Waals surface area contributed by atoms with Crippen molar-refractivity contribution in [1.29, 1.82) is 0 Å². The molecular weight excluding hydrogens is 397 g/mol. The molecule has 0 fully saturated rings. The number of rotatable bonds is 4. The summed E-state index contributed by atoms with van der Waals surface area (Å²) >= 11 is 2.11. The number of carbonyl (C=O) groups is 2. The summed E-state index contributed by atoms with van der Waals surface area (Å²) in [5.74, 6) is 0.0774. The average Bonchev–Trinajstić information content (AvgIpc) is 2.54. The molecule has 0 aliphatic rings. The van der Waals surface area contributed by atoms with E-state index in [1.807, 2.05) is 0 Å². The van der Waals surface area contributed by atoms with Gasteiger partial charge in [-0.3, -0.25) is 4.79 Å². The van der Waals surface area contributed by atoms with Crippen molar-refractivity contribution in [2.45, 2.75) is 0 Å². The summed E-state index contributed by atoms with van der Waals surface area (Å²) in [7, 11) is 2.91. The fourth-order valence-electron chi connectivity index (χ4n) is 1.82. The van der Waals surface area contributed by atoms with Gasteiger partial charge in [0.1, 0.15) is 5.75 Å². The topological polar surface area (TPSA) is 64.6 Å². The fraction of sp³-hybridized carbons (Fsp3) is 0.125. The Morgan fingerprint density at radius 1 is 1.00 bits per heavy atom. The highest BCUT2D eigenvalue weighted by atomic mass is 127. The van der Waals surface area contributed by atoms with E-state index in [-0.39, 0.29) is 5.91 Å². The van der Waals surface area contributed by atoms with E-state index in [2.05, 4.69) is 32.6 Å². The molecule has 0 heterocycles. The van der Waals surface area contributed by atoms with E-state index in [1.165, 1.54) is 7.11 Å². The van der Waals surface area contributed by atoms with Crippen LogP contribution in [0.25, 0.3) is 0 Å². The zero-order chi connectivity index (χ0) is 16.1. The van der Waals surface area contributed by atoms with Crippen LogP contribution in [0.4, 0.5) is 5.69 Å². The van der Waals surface area contributed by atoms with Gasteiger partial charge in [0, 0.05) is 11.3 Å². The predicted octanol–water partition coefficient (Wildman–Crippen LogP) is 3.34. The second-order valence-electron chi connectivity index (χ2n) is 4.37. The van der Waals surface area contributed by atoms with E-state index < -0.39 is 5.97 Å². The first-order valence-electron chi connectivity index (χ1n) is 6.38. The summed E-state index contributed by atoms with van der Waals surface area (Å²) in [6.07, 6.45) is 0. The molecule has 0 aromatic heterocycles. The molecule has 22 heavy (non-hydrogen) atoms. The number of ether oxygens (including phenoxy) is 2. The number of methoxy groups -OCH3 is 2. The number of nitrogens with one attached hydrogen (secondary N) is 1. The molecule has 5 nitrogen and oxygen atoms in total. The molecule has 1 N–H and O–H groups in total. The number of esters is 1. The Hall–Kier alpha value is -2.09. The Balaban J connectivity index is 2.11. The van der Waals surface area contributed by atoms with Gasteiger partial charge in [0.15, 0.2) is 0 Å².